The molecule has 0 aliphatic carbocycles. The molecule has 0 saturated heterocycles. The van der Waals surface area contributed by atoms with E-state index < -0.39 is 40.5 Å². The Morgan fingerprint density at radius 1 is 1.00 bits per heavy atom. The Balaban J connectivity index is 3.60. The number of rotatable bonds is 3. The second kappa shape index (κ2) is 3.85. The fraction of sp³-hybridized carbons (Fsp3) is 0. The van der Waals surface area contributed by atoms with Crippen LogP contribution in [-0.2, 0) is 0 Å². The molecule has 0 atom stereocenters. The summed E-state index contributed by atoms with van der Waals surface area (Å²) in [6, 6.07) is 0. The van der Waals surface area contributed by atoms with Crippen LogP contribution in [0.25, 0.3) is 0 Å². The predicted octanol–water partition coefficient (Wildman–Crippen LogP) is -0.118. The van der Waals surface area contributed by atoms with Crippen LogP contribution < -0.4 is 0 Å². The monoisotopic (exact) mass is 227 g/mol. The number of nitrogens with zero attached hydrogens (tertiary/aromatic N) is 1. The maximum atomic E-state index is 10.7. The number of hydrogen-bond acceptors (Lipinski definition) is 5. The summed E-state index contributed by atoms with van der Waals surface area (Å²) in [5, 5.41) is 35.1. The van der Waals surface area contributed by atoms with Gasteiger partial charge in [-0.2, -0.15) is 0 Å². The second-order valence-electron chi connectivity index (χ2n) is 2.66. The normalized spacial score (nSPS) is 9.75. The van der Waals surface area contributed by atoms with Crippen LogP contribution in [-0.4, -0.2) is 43.3 Å². The third kappa shape index (κ3) is 1.75. The molecule has 8 nitrogen and oxygen atoms in total. The molecule has 1 rings (SSSR count). The van der Waals surface area contributed by atoms with Gasteiger partial charge >= 0.3 is 17.9 Å². The van der Waals surface area contributed by atoms with Crippen LogP contribution in [0.4, 0.5) is 0 Å². The van der Waals surface area contributed by atoms with Crippen LogP contribution in [0.15, 0.2) is 6.20 Å². The summed E-state index contributed by atoms with van der Waals surface area (Å²) in [4.78, 5) is 34.9. The number of aromatic hydroxyl groups is 1. The number of hydrogen-bond donors (Lipinski definition) is 4. The first kappa shape index (κ1) is 11.4. The van der Waals surface area contributed by atoms with Gasteiger partial charge in [-0.15, -0.1) is 0 Å². The zero-order chi connectivity index (χ0) is 12.5. The number of carbonyl (C=O) groups is 3. The van der Waals surface area contributed by atoms with Crippen LogP contribution in [0.2, 0.25) is 0 Å². The van der Waals surface area contributed by atoms with E-state index in [9.17, 15) is 19.5 Å². The van der Waals surface area contributed by atoms with Gasteiger partial charge in [0.15, 0.2) is 11.4 Å². The Morgan fingerprint density at radius 2 is 1.56 bits per heavy atom. The molecule has 8 heteroatoms. The van der Waals surface area contributed by atoms with Crippen molar-refractivity contribution in [2.45, 2.75) is 0 Å². The summed E-state index contributed by atoms with van der Waals surface area (Å²) in [5.74, 6) is -6.21. The fourth-order valence-corrected chi connectivity index (χ4v) is 1.04. The first-order valence-corrected chi connectivity index (χ1v) is 3.78. The molecular weight excluding hydrogens is 222 g/mol. The van der Waals surface area contributed by atoms with Crippen molar-refractivity contribution in [2.24, 2.45) is 0 Å². The molecule has 0 aromatic carbocycles. The Hall–Kier alpha value is -2.64. The van der Waals surface area contributed by atoms with Gasteiger partial charge in [-0.05, 0) is 0 Å². The summed E-state index contributed by atoms with van der Waals surface area (Å²) >= 11 is 0. The van der Waals surface area contributed by atoms with E-state index in [-0.39, 0.29) is 0 Å². The minimum atomic E-state index is -1.75. The summed E-state index contributed by atoms with van der Waals surface area (Å²) in [7, 11) is 0. The Labute approximate surface area is 87.4 Å². The van der Waals surface area contributed by atoms with E-state index in [0.29, 0.717) is 6.20 Å². The topological polar surface area (TPSA) is 145 Å². The largest absolute Gasteiger partial charge is 0.505 e. The summed E-state index contributed by atoms with van der Waals surface area (Å²) in [6.07, 6.45) is 0.564. The molecule has 0 unspecified atom stereocenters. The van der Waals surface area contributed by atoms with E-state index >= 15 is 0 Å². The van der Waals surface area contributed by atoms with Crippen molar-refractivity contribution in [3.05, 3.63) is 23.0 Å². The highest BCUT2D eigenvalue weighted by atomic mass is 16.4. The molecular formula is C8H5NO7. The third-order valence-electron chi connectivity index (χ3n) is 1.70. The first-order valence-electron chi connectivity index (χ1n) is 3.78. The molecule has 0 aliphatic rings. The van der Waals surface area contributed by atoms with Crippen molar-refractivity contribution in [3.8, 4) is 5.75 Å². The van der Waals surface area contributed by atoms with E-state index in [2.05, 4.69) is 4.98 Å². The molecule has 0 spiro atoms. The fourth-order valence-electron chi connectivity index (χ4n) is 1.04. The molecule has 1 aromatic heterocycles. The van der Waals surface area contributed by atoms with Crippen molar-refractivity contribution >= 4 is 17.9 Å². The SMILES string of the molecule is O=C(O)c1cnc(C(=O)O)c(O)c1C(=O)O. The van der Waals surface area contributed by atoms with Gasteiger partial charge in [-0.3, -0.25) is 0 Å². The van der Waals surface area contributed by atoms with Crippen LogP contribution >= 0.6 is 0 Å². The van der Waals surface area contributed by atoms with E-state index in [1.54, 1.807) is 0 Å². The van der Waals surface area contributed by atoms with E-state index in [1.807, 2.05) is 0 Å². The van der Waals surface area contributed by atoms with Gasteiger partial charge in [-0.25, -0.2) is 19.4 Å². The van der Waals surface area contributed by atoms with Crippen LogP contribution in [0, 0.1) is 0 Å². The minimum absolute atomic E-state index is 0.564. The summed E-state index contributed by atoms with van der Waals surface area (Å²) in [6.45, 7) is 0. The quantitative estimate of drug-likeness (QED) is 0.559. The molecule has 0 amide bonds. The zero-order valence-corrected chi connectivity index (χ0v) is 7.54. The van der Waals surface area contributed by atoms with E-state index in [1.165, 1.54) is 0 Å². The third-order valence-corrected chi connectivity index (χ3v) is 1.70. The molecule has 0 saturated carbocycles. The highest BCUT2D eigenvalue weighted by Crippen LogP contribution is 2.24. The van der Waals surface area contributed by atoms with E-state index in [0.717, 1.165) is 0 Å². The van der Waals surface area contributed by atoms with E-state index in [4.69, 9.17) is 15.3 Å². The summed E-state index contributed by atoms with van der Waals surface area (Å²) < 4.78 is 0. The maximum absolute atomic E-state index is 10.7. The molecule has 0 bridgehead atoms. The van der Waals surface area contributed by atoms with Crippen molar-refractivity contribution in [3.63, 3.8) is 0 Å². The minimum Gasteiger partial charge on any atom is -0.505 e. The average molecular weight is 227 g/mol. The van der Waals surface area contributed by atoms with Gasteiger partial charge in [0.1, 0.15) is 5.56 Å². The molecule has 1 aromatic rings. The lowest BCUT2D eigenvalue weighted by molar-refractivity contribution is 0.0642. The van der Waals surface area contributed by atoms with Crippen molar-refractivity contribution < 1.29 is 34.8 Å². The molecule has 0 radical (unpaired) electrons. The van der Waals surface area contributed by atoms with Gasteiger partial charge in [-0.1, -0.05) is 0 Å². The Morgan fingerprint density at radius 3 is 1.94 bits per heavy atom. The lowest BCUT2D eigenvalue weighted by Crippen LogP contribution is -2.13. The average Bonchev–Trinajstić information content (AvgIpc) is 2.15. The van der Waals surface area contributed by atoms with Gasteiger partial charge in [0.05, 0.1) is 5.56 Å². The van der Waals surface area contributed by atoms with Crippen molar-refractivity contribution in [1.82, 2.24) is 4.98 Å². The van der Waals surface area contributed by atoms with Crippen molar-refractivity contribution in [2.75, 3.05) is 0 Å². The number of carboxylic acids is 3. The zero-order valence-electron chi connectivity index (χ0n) is 7.54. The lowest BCUT2D eigenvalue weighted by atomic mass is 10.1. The molecule has 4 N–H and O–H groups in total. The predicted molar refractivity (Wildman–Crippen MR) is 46.8 cm³/mol. The number of aromatic carboxylic acids is 3. The lowest BCUT2D eigenvalue weighted by Gasteiger charge is -2.05. The first-order chi connectivity index (χ1) is 7.36. The molecule has 84 valence electrons. The highest BCUT2D eigenvalue weighted by Gasteiger charge is 2.26. The summed E-state index contributed by atoms with van der Waals surface area (Å²) in [5.41, 5.74) is -2.70. The standard InChI is InChI=1S/C8H5NO7/c10-5-3(7(13)14)2(6(11)12)1-9-4(5)8(15)16/h1,10H,(H,11,12)(H,13,14)(H,15,16). The van der Waals surface area contributed by atoms with Crippen LogP contribution in [0.1, 0.15) is 31.2 Å². The number of carboxylic acid groups (broad SMARTS) is 3. The van der Waals surface area contributed by atoms with Crippen LogP contribution in [0.5, 0.6) is 5.75 Å². The Bertz CT molecular complexity index is 493. The molecule has 0 aliphatic heterocycles. The van der Waals surface area contributed by atoms with Crippen molar-refractivity contribution in [1.29, 1.82) is 0 Å². The second-order valence-corrected chi connectivity index (χ2v) is 2.66. The molecule has 1 heterocycles. The molecule has 0 fully saturated rings. The van der Waals surface area contributed by atoms with Gasteiger partial charge in [0.2, 0.25) is 0 Å². The van der Waals surface area contributed by atoms with Gasteiger partial charge in [0, 0.05) is 6.20 Å². The van der Waals surface area contributed by atoms with Gasteiger partial charge in [0.25, 0.3) is 0 Å². The smallest absolute Gasteiger partial charge is 0.358 e. The highest BCUT2D eigenvalue weighted by molar-refractivity contribution is 6.05. The maximum Gasteiger partial charge on any atom is 0.358 e. The van der Waals surface area contributed by atoms with Crippen LogP contribution in [0.3, 0.4) is 0 Å². The Kier molecular flexibility index (Phi) is 2.75. The number of pyridine rings is 1. The number of aromatic nitrogens is 1. The van der Waals surface area contributed by atoms with Gasteiger partial charge < -0.3 is 20.4 Å². The molecule has 16 heavy (non-hydrogen) atoms.